The Morgan fingerprint density at radius 1 is 1.29 bits per heavy atom. The van der Waals surface area contributed by atoms with E-state index in [-0.39, 0.29) is 24.2 Å². The van der Waals surface area contributed by atoms with Crippen molar-refractivity contribution in [2.45, 2.75) is 52.4 Å². The Bertz CT molecular complexity index is 374. The maximum atomic E-state index is 10.5. The topological polar surface area (TPSA) is 29.5 Å². The second kappa shape index (κ2) is 5.09. The lowest BCUT2D eigenvalue weighted by Gasteiger charge is -2.23. The van der Waals surface area contributed by atoms with Gasteiger partial charge in [0.15, 0.2) is 0 Å². The van der Waals surface area contributed by atoms with E-state index >= 15 is 0 Å². The molecule has 0 saturated carbocycles. The van der Waals surface area contributed by atoms with Crippen LogP contribution in [0.2, 0.25) is 0 Å². The van der Waals surface area contributed by atoms with E-state index in [0.29, 0.717) is 5.92 Å². The maximum absolute atomic E-state index is 10.5. The minimum atomic E-state index is -0.379. The highest BCUT2D eigenvalue weighted by molar-refractivity contribution is 7.12. The van der Waals surface area contributed by atoms with E-state index in [1.54, 1.807) is 11.3 Å². The predicted octanol–water partition coefficient (Wildman–Crippen LogP) is 3.40. The third-order valence-corrected chi connectivity index (χ3v) is 5.31. The molecule has 0 aromatic carbocycles. The highest BCUT2D eigenvalue weighted by Gasteiger charge is 2.41. The Balaban J connectivity index is 2.16. The number of thiophene rings is 1. The van der Waals surface area contributed by atoms with Crippen LogP contribution in [0.15, 0.2) is 12.1 Å². The molecule has 2 rings (SSSR count). The van der Waals surface area contributed by atoms with Crippen molar-refractivity contribution >= 4 is 11.3 Å². The zero-order valence-corrected chi connectivity index (χ0v) is 11.8. The summed E-state index contributed by atoms with van der Waals surface area (Å²) < 4.78 is 5.81. The van der Waals surface area contributed by atoms with E-state index in [1.165, 1.54) is 4.88 Å². The summed E-state index contributed by atoms with van der Waals surface area (Å²) in [6.07, 6.45) is 1.05. The van der Waals surface area contributed by atoms with E-state index < -0.39 is 0 Å². The monoisotopic (exact) mass is 254 g/mol. The van der Waals surface area contributed by atoms with Crippen LogP contribution in [0, 0.1) is 11.8 Å². The van der Waals surface area contributed by atoms with Crippen molar-refractivity contribution in [1.82, 2.24) is 0 Å². The SMILES string of the molecule is CCc1ccc(C(O)C2C(C)OC(C)C2C)s1. The standard InChI is InChI=1S/C14H22O2S/c1-5-11-6-7-12(17-11)14(15)13-8(2)9(3)16-10(13)4/h6-10,13-15H,5H2,1-4H3. The predicted molar refractivity (Wildman–Crippen MR) is 71.3 cm³/mol. The van der Waals surface area contributed by atoms with Gasteiger partial charge in [0, 0.05) is 15.7 Å². The average Bonchev–Trinajstić information content (AvgIpc) is 2.85. The molecule has 3 heteroatoms. The van der Waals surface area contributed by atoms with Crippen molar-refractivity contribution in [2.75, 3.05) is 0 Å². The number of hydrogen-bond acceptors (Lipinski definition) is 3. The largest absolute Gasteiger partial charge is 0.387 e. The molecule has 1 saturated heterocycles. The Morgan fingerprint density at radius 3 is 2.47 bits per heavy atom. The van der Waals surface area contributed by atoms with Crippen LogP contribution in [0.1, 0.15) is 43.6 Å². The number of aliphatic hydroxyl groups excluding tert-OH is 1. The fourth-order valence-electron chi connectivity index (χ4n) is 2.77. The summed E-state index contributed by atoms with van der Waals surface area (Å²) in [5, 5.41) is 10.5. The zero-order chi connectivity index (χ0) is 12.6. The number of aryl methyl sites for hydroxylation is 1. The normalized spacial score (nSPS) is 35.1. The molecule has 1 aliphatic heterocycles. The van der Waals surface area contributed by atoms with E-state index in [2.05, 4.69) is 39.8 Å². The summed E-state index contributed by atoms with van der Waals surface area (Å²) in [6, 6.07) is 4.19. The van der Waals surface area contributed by atoms with Gasteiger partial charge < -0.3 is 9.84 Å². The molecule has 1 aromatic rings. The van der Waals surface area contributed by atoms with Gasteiger partial charge in [0.25, 0.3) is 0 Å². The first-order valence-electron chi connectivity index (χ1n) is 6.46. The highest BCUT2D eigenvalue weighted by atomic mass is 32.1. The summed E-state index contributed by atoms with van der Waals surface area (Å²) in [5.74, 6) is 0.625. The highest BCUT2D eigenvalue weighted by Crippen LogP contribution is 2.42. The molecular formula is C14H22O2S. The molecule has 5 unspecified atom stereocenters. The van der Waals surface area contributed by atoms with Gasteiger partial charge >= 0.3 is 0 Å². The van der Waals surface area contributed by atoms with Gasteiger partial charge in [-0.1, -0.05) is 13.8 Å². The Kier molecular flexibility index (Phi) is 3.91. The van der Waals surface area contributed by atoms with Gasteiger partial charge in [0.1, 0.15) is 0 Å². The molecule has 1 aromatic heterocycles. The molecule has 1 N–H and O–H groups in total. The molecule has 96 valence electrons. The van der Waals surface area contributed by atoms with Crippen LogP contribution in [0.25, 0.3) is 0 Å². The van der Waals surface area contributed by atoms with Gasteiger partial charge in [-0.2, -0.15) is 0 Å². The first kappa shape index (κ1) is 13.1. The molecule has 2 heterocycles. The van der Waals surface area contributed by atoms with Gasteiger partial charge in [-0.3, -0.25) is 0 Å². The van der Waals surface area contributed by atoms with Gasteiger partial charge in [-0.05, 0) is 38.3 Å². The van der Waals surface area contributed by atoms with E-state index in [1.807, 2.05) is 0 Å². The molecule has 0 aliphatic carbocycles. The molecular weight excluding hydrogens is 232 g/mol. The van der Waals surface area contributed by atoms with Crippen LogP contribution in [0.4, 0.5) is 0 Å². The van der Waals surface area contributed by atoms with Crippen molar-refractivity contribution in [3.05, 3.63) is 21.9 Å². The van der Waals surface area contributed by atoms with E-state index in [4.69, 9.17) is 4.74 Å². The van der Waals surface area contributed by atoms with Crippen LogP contribution in [0.3, 0.4) is 0 Å². The summed E-state index contributed by atoms with van der Waals surface area (Å²) >= 11 is 1.73. The third-order valence-electron chi connectivity index (χ3n) is 4.01. The van der Waals surface area contributed by atoms with E-state index in [0.717, 1.165) is 11.3 Å². The van der Waals surface area contributed by atoms with Gasteiger partial charge in [0.2, 0.25) is 0 Å². The molecule has 0 amide bonds. The van der Waals surface area contributed by atoms with Crippen LogP contribution < -0.4 is 0 Å². The number of aliphatic hydroxyl groups is 1. The van der Waals surface area contributed by atoms with Crippen molar-refractivity contribution in [3.8, 4) is 0 Å². The minimum absolute atomic E-state index is 0.141. The van der Waals surface area contributed by atoms with Crippen molar-refractivity contribution in [2.24, 2.45) is 11.8 Å². The van der Waals surface area contributed by atoms with Crippen molar-refractivity contribution in [1.29, 1.82) is 0 Å². The molecule has 0 bridgehead atoms. The fourth-order valence-corrected chi connectivity index (χ4v) is 3.77. The molecule has 1 fully saturated rings. The summed E-state index contributed by atoms with van der Waals surface area (Å²) in [5.41, 5.74) is 0. The lowest BCUT2D eigenvalue weighted by Crippen LogP contribution is -2.24. The number of rotatable bonds is 3. The van der Waals surface area contributed by atoms with E-state index in [9.17, 15) is 5.11 Å². The Morgan fingerprint density at radius 2 is 2.00 bits per heavy atom. The van der Waals surface area contributed by atoms with Crippen LogP contribution in [-0.2, 0) is 11.2 Å². The first-order chi connectivity index (χ1) is 8.04. The van der Waals surface area contributed by atoms with Crippen LogP contribution in [-0.4, -0.2) is 17.3 Å². The number of hydrogen-bond donors (Lipinski definition) is 1. The van der Waals surface area contributed by atoms with Gasteiger partial charge in [-0.25, -0.2) is 0 Å². The molecule has 17 heavy (non-hydrogen) atoms. The fraction of sp³-hybridized carbons (Fsp3) is 0.714. The molecule has 0 radical (unpaired) electrons. The lowest BCUT2D eigenvalue weighted by molar-refractivity contribution is 0.0242. The average molecular weight is 254 g/mol. The molecule has 5 atom stereocenters. The van der Waals surface area contributed by atoms with Crippen molar-refractivity contribution < 1.29 is 9.84 Å². The van der Waals surface area contributed by atoms with Crippen LogP contribution >= 0.6 is 11.3 Å². The second-order valence-corrected chi connectivity index (χ2v) is 6.29. The third kappa shape index (κ3) is 2.42. The van der Waals surface area contributed by atoms with Gasteiger partial charge in [-0.15, -0.1) is 11.3 Å². The van der Waals surface area contributed by atoms with Crippen molar-refractivity contribution in [3.63, 3.8) is 0 Å². The zero-order valence-electron chi connectivity index (χ0n) is 11.0. The summed E-state index contributed by atoms with van der Waals surface area (Å²) in [7, 11) is 0. The smallest absolute Gasteiger partial charge is 0.0938 e. The first-order valence-corrected chi connectivity index (χ1v) is 7.28. The molecule has 0 spiro atoms. The Hall–Kier alpha value is -0.380. The quantitative estimate of drug-likeness (QED) is 0.895. The number of ether oxygens (including phenoxy) is 1. The molecule has 2 nitrogen and oxygen atoms in total. The summed E-state index contributed by atoms with van der Waals surface area (Å²) in [6.45, 7) is 8.49. The summed E-state index contributed by atoms with van der Waals surface area (Å²) in [4.78, 5) is 2.43. The minimum Gasteiger partial charge on any atom is -0.387 e. The lowest BCUT2D eigenvalue weighted by atomic mass is 9.84. The molecule has 1 aliphatic rings. The van der Waals surface area contributed by atoms with Gasteiger partial charge in [0.05, 0.1) is 18.3 Å². The second-order valence-electron chi connectivity index (χ2n) is 5.09. The van der Waals surface area contributed by atoms with Crippen LogP contribution in [0.5, 0.6) is 0 Å². The Labute approximate surface area is 108 Å². The maximum Gasteiger partial charge on any atom is 0.0938 e.